The molecule has 1 aromatic heterocycles. The predicted octanol–water partition coefficient (Wildman–Crippen LogP) is 4.92. The minimum atomic E-state index is -0.710. The Hall–Kier alpha value is -4.58. The Labute approximate surface area is 238 Å². The van der Waals surface area contributed by atoms with E-state index >= 15 is 0 Å². The molecular formula is C29H37N5O7. The average Bonchev–Trinajstić information content (AvgIpc) is 3.48. The highest BCUT2D eigenvalue weighted by Gasteiger charge is 2.20. The summed E-state index contributed by atoms with van der Waals surface area (Å²) in [5, 5.41) is 8.20. The van der Waals surface area contributed by atoms with Crippen LogP contribution in [0.15, 0.2) is 59.5 Å². The summed E-state index contributed by atoms with van der Waals surface area (Å²) < 4.78 is 21.3. The molecule has 0 aliphatic carbocycles. The number of nitrogens with two attached hydrogens (primary N) is 1. The molecule has 12 heteroatoms. The van der Waals surface area contributed by atoms with Crippen LogP contribution in [0.1, 0.15) is 39.2 Å². The number of methoxy groups -OCH3 is 1. The van der Waals surface area contributed by atoms with Crippen molar-refractivity contribution in [1.29, 1.82) is 0 Å². The fourth-order valence-corrected chi connectivity index (χ4v) is 3.86. The van der Waals surface area contributed by atoms with Crippen molar-refractivity contribution in [3.8, 4) is 17.1 Å². The first-order valence-electron chi connectivity index (χ1n) is 13.3. The number of hydrogen-bond donors (Lipinski definition) is 4. The lowest BCUT2D eigenvalue weighted by atomic mass is 10.1. The molecule has 2 aromatic carbocycles. The van der Waals surface area contributed by atoms with Crippen molar-refractivity contribution in [2.75, 3.05) is 24.4 Å². The summed E-state index contributed by atoms with van der Waals surface area (Å²) in [4.78, 5) is 40.9. The molecule has 3 aromatic rings. The first-order valence-corrected chi connectivity index (χ1v) is 13.3. The van der Waals surface area contributed by atoms with E-state index in [0.717, 1.165) is 5.56 Å². The van der Waals surface area contributed by atoms with Crippen LogP contribution in [-0.2, 0) is 20.8 Å². The number of nitrogens with one attached hydrogen (secondary N) is 3. The zero-order chi connectivity index (χ0) is 29.8. The molecule has 0 aliphatic heterocycles. The minimum absolute atomic E-state index is 0.0717. The van der Waals surface area contributed by atoms with Gasteiger partial charge in [-0.2, -0.15) is 0 Å². The Morgan fingerprint density at radius 1 is 1.07 bits per heavy atom. The molecule has 41 heavy (non-hydrogen) atoms. The van der Waals surface area contributed by atoms with Crippen LogP contribution < -0.4 is 26.4 Å². The first kappa shape index (κ1) is 31.0. The van der Waals surface area contributed by atoms with Crippen molar-refractivity contribution in [3.05, 3.63) is 60.6 Å². The van der Waals surface area contributed by atoms with Crippen LogP contribution in [-0.4, -0.2) is 48.9 Å². The van der Waals surface area contributed by atoms with Crippen molar-refractivity contribution in [2.24, 2.45) is 11.7 Å². The van der Waals surface area contributed by atoms with Gasteiger partial charge in [-0.25, -0.2) is 14.6 Å². The third-order valence-electron chi connectivity index (χ3n) is 5.95. The van der Waals surface area contributed by atoms with E-state index in [-0.39, 0.29) is 19.1 Å². The number of benzene rings is 2. The van der Waals surface area contributed by atoms with Crippen LogP contribution in [0.5, 0.6) is 5.75 Å². The van der Waals surface area contributed by atoms with Crippen molar-refractivity contribution < 1.29 is 33.0 Å². The fourth-order valence-electron chi connectivity index (χ4n) is 3.86. The highest BCUT2D eigenvalue weighted by molar-refractivity contribution is 6.00. The summed E-state index contributed by atoms with van der Waals surface area (Å²) in [6.07, 6.45) is 2.62. The zero-order valence-electron chi connectivity index (χ0n) is 23.6. The molecule has 220 valence electrons. The van der Waals surface area contributed by atoms with Crippen molar-refractivity contribution >= 4 is 29.5 Å². The van der Waals surface area contributed by atoms with Gasteiger partial charge < -0.3 is 40.3 Å². The summed E-state index contributed by atoms with van der Waals surface area (Å²) in [6.45, 7) is 5.84. The molecule has 0 fully saturated rings. The van der Waals surface area contributed by atoms with E-state index in [1.54, 1.807) is 48.7 Å². The number of rotatable bonds is 13. The van der Waals surface area contributed by atoms with Crippen molar-refractivity contribution in [2.45, 2.75) is 52.3 Å². The quantitative estimate of drug-likeness (QED) is 0.210. The normalized spacial score (nSPS) is 12.2. The SMILES string of the molecule is CC[C@H](COC(=O)[C@H](N)CC(C)C)OC(=O)NCc1cccc(NC(=O)Nc2ccc(-c3cnco3)c(OC)c2)c1. The highest BCUT2D eigenvalue weighted by atomic mass is 16.6. The van der Waals surface area contributed by atoms with E-state index in [1.165, 1.54) is 13.5 Å². The number of hydrogen-bond acceptors (Lipinski definition) is 9. The van der Waals surface area contributed by atoms with Crippen molar-refractivity contribution in [1.82, 2.24) is 10.3 Å². The van der Waals surface area contributed by atoms with Gasteiger partial charge in [0.2, 0.25) is 0 Å². The molecule has 1 heterocycles. The molecule has 0 radical (unpaired) electrons. The molecule has 12 nitrogen and oxygen atoms in total. The maximum atomic E-state index is 12.6. The average molecular weight is 568 g/mol. The maximum absolute atomic E-state index is 12.6. The van der Waals surface area contributed by atoms with Gasteiger partial charge in [0.1, 0.15) is 24.5 Å². The van der Waals surface area contributed by atoms with Gasteiger partial charge in [0.25, 0.3) is 0 Å². The van der Waals surface area contributed by atoms with E-state index in [4.69, 9.17) is 24.4 Å². The summed E-state index contributed by atoms with van der Waals surface area (Å²) >= 11 is 0. The number of carbonyl (C=O) groups excluding carboxylic acids is 3. The number of aromatic nitrogens is 1. The van der Waals surface area contributed by atoms with Crippen LogP contribution in [0.25, 0.3) is 11.3 Å². The molecule has 0 saturated heterocycles. The van der Waals surface area contributed by atoms with Gasteiger partial charge in [-0.05, 0) is 48.6 Å². The largest absolute Gasteiger partial charge is 0.496 e. The highest BCUT2D eigenvalue weighted by Crippen LogP contribution is 2.32. The molecular weight excluding hydrogens is 530 g/mol. The Morgan fingerprint density at radius 3 is 2.49 bits per heavy atom. The molecule has 0 saturated carbocycles. The number of esters is 1. The van der Waals surface area contributed by atoms with Crippen LogP contribution in [0.2, 0.25) is 0 Å². The number of oxazole rings is 1. The number of amides is 3. The van der Waals surface area contributed by atoms with E-state index in [9.17, 15) is 14.4 Å². The number of alkyl carbamates (subject to hydrolysis) is 1. The second-order valence-corrected chi connectivity index (χ2v) is 9.72. The van der Waals surface area contributed by atoms with E-state index in [1.807, 2.05) is 20.8 Å². The Morgan fingerprint density at radius 2 is 1.83 bits per heavy atom. The number of ether oxygens (including phenoxy) is 3. The lowest BCUT2D eigenvalue weighted by Gasteiger charge is -2.19. The van der Waals surface area contributed by atoms with Gasteiger partial charge in [0.05, 0.1) is 18.9 Å². The third-order valence-corrected chi connectivity index (χ3v) is 5.95. The van der Waals surface area contributed by atoms with Crippen LogP contribution in [0.3, 0.4) is 0 Å². The smallest absolute Gasteiger partial charge is 0.407 e. The molecule has 0 spiro atoms. The first-order chi connectivity index (χ1) is 19.7. The summed E-state index contributed by atoms with van der Waals surface area (Å²) in [6, 6.07) is 11.0. The monoisotopic (exact) mass is 567 g/mol. The number of nitrogens with zero attached hydrogens (tertiary/aromatic N) is 1. The third kappa shape index (κ3) is 9.84. The van der Waals surface area contributed by atoms with Gasteiger partial charge >= 0.3 is 18.1 Å². The standard InChI is InChI=1S/C29H37N5O7/c1-5-22(16-39-27(35)24(30)11-18(2)3)41-29(37)32-14-19-7-6-8-20(12-19)33-28(36)34-21-9-10-23(25(13-21)38-4)26-15-31-17-40-26/h6-10,12-13,15,17-18,22,24H,5,11,14,16,30H2,1-4H3,(H,32,37)(H2,33,34,36)/t22-,24-/m1/s1. The predicted molar refractivity (Wildman–Crippen MR) is 153 cm³/mol. The lowest BCUT2D eigenvalue weighted by molar-refractivity contribution is -0.148. The fraction of sp³-hybridized carbons (Fsp3) is 0.379. The molecule has 0 unspecified atom stereocenters. The van der Waals surface area contributed by atoms with Gasteiger partial charge in [0, 0.05) is 24.0 Å². The summed E-state index contributed by atoms with van der Waals surface area (Å²) in [5.41, 5.74) is 8.31. The van der Waals surface area contributed by atoms with Crippen LogP contribution in [0, 0.1) is 5.92 Å². The van der Waals surface area contributed by atoms with Crippen molar-refractivity contribution in [3.63, 3.8) is 0 Å². The molecule has 0 aliphatic rings. The van der Waals surface area contributed by atoms with Crippen LogP contribution >= 0.6 is 0 Å². The van der Waals surface area contributed by atoms with E-state index in [0.29, 0.717) is 41.3 Å². The number of anilines is 2. The molecule has 3 amide bonds. The van der Waals surface area contributed by atoms with Gasteiger partial charge in [-0.1, -0.05) is 32.9 Å². The van der Waals surface area contributed by atoms with Gasteiger partial charge in [-0.3, -0.25) is 4.79 Å². The minimum Gasteiger partial charge on any atom is -0.496 e. The zero-order valence-corrected chi connectivity index (χ0v) is 23.6. The summed E-state index contributed by atoms with van der Waals surface area (Å²) in [5.74, 6) is 0.801. The molecule has 3 rings (SSSR count). The van der Waals surface area contributed by atoms with Gasteiger partial charge in [0.15, 0.2) is 12.2 Å². The topological polar surface area (TPSA) is 167 Å². The number of carbonyl (C=O) groups is 3. The summed E-state index contributed by atoms with van der Waals surface area (Å²) in [7, 11) is 1.52. The number of urea groups is 1. The molecule has 0 bridgehead atoms. The van der Waals surface area contributed by atoms with E-state index in [2.05, 4.69) is 20.9 Å². The van der Waals surface area contributed by atoms with Crippen LogP contribution in [0.4, 0.5) is 21.0 Å². The Kier molecular flexibility index (Phi) is 11.5. The Bertz CT molecular complexity index is 1300. The Balaban J connectivity index is 1.47. The second kappa shape index (κ2) is 15.3. The maximum Gasteiger partial charge on any atom is 0.407 e. The molecule has 5 N–H and O–H groups in total. The van der Waals surface area contributed by atoms with E-state index < -0.39 is 30.2 Å². The van der Waals surface area contributed by atoms with Gasteiger partial charge in [-0.15, -0.1) is 0 Å². The molecule has 2 atom stereocenters. The second-order valence-electron chi connectivity index (χ2n) is 9.72. The lowest BCUT2D eigenvalue weighted by Crippen LogP contribution is -2.37.